The number of nitro benzene ring substituents is 1. The van der Waals surface area contributed by atoms with Gasteiger partial charge in [-0.25, -0.2) is 8.42 Å². The summed E-state index contributed by atoms with van der Waals surface area (Å²) >= 11 is 0. The van der Waals surface area contributed by atoms with Gasteiger partial charge in [0.2, 0.25) is 0 Å². The standard InChI is InChI=1S/C12H11N3O4S/c13-9-1-3-10(4-2-9)14-20(18,19)12-7-5-11(6-8-12)15(16)17/h1-8,14H,13H2. The predicted molar refractivity (Wildman–Crippen MR) is 74.8 cm³/mol. The number of nitrogen functional groups attached to an aromatic ring is 1. The molecule has 2 rings (SSSR count). The maximum absolute atomic E-state index is 12.1. The van der Waals surface area contributed by atoms with Gasteiger partial charge in [0.25, 0.3) is 15.7 Å². The molecule has 0 heterocycles. The predicted octanol–water partition coefficient (Wildman–Crippen LogP) is 1.98. The van der Waals surface area contributed by atoms with Gasteiger partial charge < -0.3 is 5.73 Å². The summed E-state index contributed by atoms with van der Waals surface area (Å²) < 4.78 is 26.5. The van der Waals surface area contributed by atoms with E-state index in [0.717, 1.165) is 12.1 Å². The smallest absolute Gasteiger partial charge is 0.269 e. The number of nitrogens with one attached hydrogen (secondary N) is 1. The van der Waals surface area contributed by atoms with E-state index < -0.39 is 14.9 Å². The fourth-order valence-corrected chi connectivity index (χ4v) is 2.57. The number of nitro groups is 1. The van der Waals surface area contributed by atoms with Crippen LogP contribution >= 0.6 is 0 Å². The van der Waals surface area contributed by atoms with E-state index in [-0.39, 0.29) is 10.6 Å². The lowest BCUT2D eigenvalue weighted by molar-refractivity contribution is -0.384. The molecular formula is C12H11N3O4S. The van der Waals surface area contributed by atoms with Crippen LogP contribution in [0.15, 0.2) is 53.4 Å². The number of nitrogens with two attached hydrogens (primary N) is 1. The van der Waals surface area contributed by atoms with Gasteiger partial charge in [0.05, 0.1) is 9.82 Å². The molecule has 0 bridgehead atoms. The van der Waals surface area contributed by atoms with Gasteiger partial charge in [0.15, 0.2) is 0 Å². The van der Waals surface area contributed by atoms with Crippen LogP contribution in [0.25, 0.3) is 0 Å². The average molecular weight is 293 g/mol. The maximum atomic E-state index is 12.1. The quantitative estimate of drug-likeness (QED) is 0.508. The molecule has 7 nitrogen and oxygen atoms in total. The molecule has 0 fully saturated rings. The number of rotatable bonds is 4. The number of sulfonamides is 1. The molecule has 0 radical (unpaired) electrons. The van der Waals surface area contributed by atoms with Gasteiger partial charge >= 0.3 is 0 Å². The van der Waals surface area contributed by atoms with E-state index in [1.165, 1.54) is 24.3 Å². The van der Waals surface area contributed by atoms with Crippen molar-refractivity contribution >= 4 is 27.1 Å². The Bertz CT molecular complexity index is 724. The first-order valence-corrected chi connectivity index (χ1v) is 6.99. The third-order valence-electron chi connectivity index (χ3n) is 2.52. The van der Waals surface area contributed by atoms with Crippen LogP contribution < -0.4 is 10.5 Å². The summed E-state index contributed by atoms with van der Waals surface area (Å²) in [4.78, 5) is 9.86. The molecule has 0 saturated carbocycles. The minimum Gasteiger partial charge on any atom is -0.399 e. The maximum Gasteiger partial charge on any atom is 0.269 e. The zero-order chi connectivity index (χ0) is 14.8. The molecule has 0 aliphatic rings. The Hall–Kier alpha value is -2.61. The fraction of sp³-hybridized carbons (Fsp3) is 0. The van der Waals surface area contributed by atoms with Gasteiger partial charge in [-0.1, -0.05) is 0 Å². The average Bonchev–Trinajstić information content (AvgIpc) is 2.41. The molecule has 20 heavy (non-hydrogen) atoms. The van der Waals surface area contributed by atoms with E-state index >= 15 is 0 Å². The second-order valence-electron chi connectivity index (χ2n) is 3.98. The molecule has 0 spiro atoms. The second kappa shape index (κ2) is 5.17. The van der Waals surface area contributed by atoms with Crippen molar-refractivity contribution in [2.45, 2.75) is 4.90 Å². The van der Waals surface area contributed by atoms with Crippen LogP contribution in [-0.4, -0.2) is 13.3 Å². The van der Waals surface area contributed by atoms with Crippen LogP contribution in [0, 0.1) is 10.1 Å². The molecule has 0 atom stereocenters. The van der Waals surface area contributed by atoms with Gasteiger partial charge in [-0.15, -0.1) is 0 Å². The number of nitrogens with zero attached hydrogens (tertiary/aromatic N) is 1. The van der Waals surface area contributed by atoms with Crippen molar-refractivity contribution in [3.8, 4) is 0 Å². The van der Waals surface area contributed by atoms with E-state index in [0.29, 0.717) is 11.4 Å². The van der Waals surface area contributed by atoms with Gasteiger partial charge in [-0.3, -0.25) is 14.8 Å². The summed E-state index contributed by atoms with van der Waals surface area (Å²) in [5, 5.41) is 10.5. The molecule has 0 aromatic heterocycles. The van der Waals surface area contributed by atoms with Gasteiger partial charge in [0.1, 0.15) is 0 Å². The fourth-order valence-electron chi connectivity index (χ4n) is 1.51. The summed E-state index contributed by atoms with van der Waals surface area (Å²) in [6.45, 7) is 0. The Labute approximate surface area is 115 Å². The minimum absolute atomic E-state index is 0.0556. The summed E-state index contributed by atoms with van der Waals surface area (Å²) in [7, 11) is -3.78. The molecule has 0 aliphatic carbocycles. The highest BCUT2D eigenvalue weighted by atomic mass is 32.2. The number of hydrogen-bond acceptors (Lipinski definition) is 5. The molecule has 8 heteroatoms. The number of anilines is 2. The Morgan fingerprint density at radius 3 is 2.05 bits per heavy atom. The van der Waals surface area contributed by atoms with Crippen molar-refractivity contribution in [1.82, 2.24) is 0 Å². The second-order valence-corrected chi connectivity index (χ2v) is 5.66. The highest BCUT2D eigenvalue weighted by molar-refractivity contribution is 7.92. The number of non-ortho nitro benzene ring substituents is 1. The van der Waals surface area contributed by atoms with E-state index in [9.17, 15) is 18.5 Å². The van der Waals surface area contributed by atoms with Crippen LogP contribution in [0.3, 0.4) is 0 Å². The summed E-state index contributed by atoms with van der Waals surface area (Å²) in [5.41, 5.74) is 6.21. The molecule has 3 N–H and O–H groups in total. The molecular weight excluding hydrogens is 282 g/mol. The van der Waals surface area contributed by atoms with Crippen LogP contribution in [0.4, 0.5) is 17.1 Å². The lowest BCUT2D eigenvalue weighted by atomic mass is 10.3. The van der Waals surface area contributed by atoms with E-state index in [1.807, 2.05) is 0 Å². The van der Waals surface area contributed by atoms with Crippen LogP contribution in [0.2, 0.25) is 0 Å². The van der Waals surface area contributed by atoms with Crippen LogP contribution in [0.1, 0.15) is 0 Å². The zero-order valence-corrected chi connectivity index (χ0v) is 11.0. The van der Waals surface area contributed by atoms with Crippen molar-refractivity contribution in [3.05, 3.63) is 58.6 Å². The van der Waals surface area contributed by atoms with E-state index in [2.05, 4.69) is 4.72 Å². The van der Waals surface area contributed by atoms with Crippen molar-refractivity contribution in [2.24, 2.45) is 0 Å². The topological polar surface area (TPSA) is 115 Å². The van der Waals surface area contributed by atoms with Gasteiger partial charge in [-0.05, 0) is 36.4 Å². The molecule has 0 unspecified atom stereocenters. The summed E-state index contributed by atoms with van der Waals surface area (Å²) in [5.74, 6) is 0. The van der Waals surface area contributed by atoms with E-state index in [4.69, 9.17) is 5.73 Å². The first-order valence-electron chi connectivity index (χ1n) is 5.51. The van der Waals surface area contributed by atoms with Crippen molar-refractivity contribution < 1.29 is 13.3 Å². The number of benzene rings is 2. The third kappa shape index (κ3) is 3.04. The Morgan fingerprint density at radius 2 is 1.55 bits per heavy atom. The highest BCUT2D eigenvalue weighted by Crippen LogP contribution is 2.19. The van der Waals surface area contributed by atoms with Crippen molar-refractivity contribution in [2.75, 3.05) is 10.5 Å². The largest absolute Gasteiger partial charge is 0.399 e. The Balaban J connectivity index is 2.26. The normalized spacial score (nSPS) is 11.0. The highest BCUT2D eigenvalue weighted by Gasteiger charge is 2.15. The Kier molecular flexibility index (Phi) is 3.57. The van der Waals surface area contributed by atoms with Crippen LogP contribution in [0.5, 0.6) is 0 Å². The molecule has 104 valence electrons. The van der Waals surface area contributed by atoms with Crippen molar-refractivity contribution in [1.29, 1.82) is 0 Å². The van der Waals surface area contributed by atoms with Gasteiger partial charge in [0, 0.05) is 23.5 Å². The molecule has 0 aliphatic heterocycles. The zero-order valence-electron chi connectivity index (χ0n) is 10.2. The van der Waals surface area contributed by atoms with Gasteiger partial charge in [-0.2, -0.15) is 0 Å². The van der Waals surface area contributed by atoms with E-state index in [1.54, 1.807) is 12.1 Å². The molecule has 2 aromatic carbocycles. The summed E-state index contributed by atoms with van der Waals surface area (Å²) in [6.07, 6.45) is 0. The Morgan fingerprint density at radius 1 is 1.00 bits per heavy atom. The summed E-state index contributed by atoms with van der Waals surface area (Å²) in [6, 6.07) is 10.8. The first kappa shape index (κ1) is 13.8. The molecule has 2 aromatic rings. The lowest BCUT2D eigenvalue weighted by Crippen LogP contribution is -2.12. The third-order valence-corrected chi connectivity index (χ3v) is 3.92. The lowest BCUT2D eigenvalue weighted by Gasteiger charge is -2.08. The van der Waals surface area contributed by atoms with Crippen LogP contribution in [-0.2, 0) is 10.0 Å². The SMILES string of the molecule is Nc1ccc(NS(=O)(=O)c2ccc([N+](=O)[O-])cc2)cc1. The van der Waals surface area contributed by atoms with Crippen molar-refractivity contribution in [3.63, 3.8) is 0 Å². The first-order chi connectivity index (χ1) is 9.38. The monoisotopic (exact) mass is 293 g/mol. The molecule has 0 amide bonds. The minimum atomic E-state index is -3.78. The molecule has 0 saturated heterocycles. The number of hydrogen-bond donors (Lipinski definition) is 2.